The Balaban J connectivity index is 4.34. The SMILES string of the molecule is CCCCCC/C=C\CCCC(=O)OCC(COC(=O)CCCCCCCCCCCCCCCCCCCC)OC(=O)CC/C=C\C/C=C\CCCCCCCC. The Labute approximate surface area is 359 Å². The molecule has 1 atom stereocenters. The molecule has 0 aliphatic rings. The normalized spacial score (nSPS) is 12.3. The van der Waals surface area contributed by atoms with E-state index >= 15 is 0 Å². The average molecular weight is 815 g/mol. The zero-order valence-corrected chi connectivity index (χ0v) is 38.6. The first-order valence-electron chi connectivity index (χ1n) is 25.0. The molecule has 0 saturated carbocycles. The van der Waals surface area contributed by atoms with Crippen LogP contribution in [0.1, 0.15) is 258 Å². The van der Waals surface area contributed by atoms with Gasteiger partial charge in [-0.3, -0.25) is 14.4 Å². The highest BCUT2D eigenvalue weighted by Gasteiger charge is 2.19. The predicted octanol–water partition coefficient (Wildman–Crippen LogP) is 16.1. The smallest absolute Gasteiger partial charge is 0.306 e. The number of rotatable bonds is 45. The van der Waals surface area contributed by atoms with Crippen molar-refractivity contribution >= 4 is 17.9 Å². The van der Waals surface area contributed by atoms with Gasteiger partial charge in [-0.1, -0.05) is 218 Å². The van der Waals surface area contributed by atoms with E-state index in [0.717, 1.165) is 44.9 Å². The van der Waals surface area contributed by atoms with E-state index in [1.807, 2.05) is 6.08 Å². The molecule has 0 N–H and O–H groups in total. The average Bonchev–Trinajstić information content (AvgIpc) is 3.22. The summed E-state index contributed by atoms with van der Waals surface area (Å²) in [4.78, 5) is 37.7. The van der Waals surface area contributed by atoms with Crippen LogP contribution in [0.4, 0.5) is 0 Å². The van der Waals surface area contributed by atoms with Gasteiger partial charge in [0.1, 0.15) is 13.2 Å². The summed E-state index contributed by atoms with van der Waals surface area (Å²) in [5, 5.41) is 0. The maximum Gasteiger partial charge on any atom is 0.306 e. The van der Waals surface area contributed by atoms with Gasteiger partial charge in [-0.15, -0.1) is 0 Å². The molecule has 6 nitrogen and oxygen atoms in total. The van der Waals surface area contributed by atoms with Crippen LogP contribution in [0.15, 0.2) is 36.5 Å². The van der Waals surface area contributed by atoms with Crippen molar-refractivity contribution in [3.05, 3.63) is 36.5 Å². The molecule has 0 bridgehead atoms. The maximum absolute atomic E-state index is 12.7. The van der Waals surface area contributed by atoms with Crippen molar-refractivity contribution in [3.8, 4) is 0 Å². The van der Waals surface area contributed by atoms with Crippen LogP contribution >= 0.6 is 0 Å². The molecule has 0 fully saturated rings. The Morgan fingerprint density at radius 3 is 1.12 bits per heavy atom. The van der Waals surface area contributed by atoms with Crippen LogP contribution in [0, 0.1) is 0 Å². The van der Waals surface area contributed by atoms with Gasteiger partial charge in [-0.25, -0.2) is 0 Å². The second-order valence-corrected chi connectivity index (χ2v) is 16.7. The molecule has 0 rings (SSSR count). The summed E-state index contributed by atoms with van der Waals surface area (Å²) in [6, 6.07) is 0. The minimum atomic E-state index is -0.808. The van der Waals surface area contributed by atoms with E-state index in [4.69, 9.17) is 14.2 Å². The lowest BCUT2D eigenvalue weighted by molar-refractivity contribution is -0.166. The second kappa shape index (κ2) is 47.3. The minimum absolute atomic E-state index is 0.100. The van der Waals surface area contributed by atoms with Gasteiger partial charge in [0.25, 0.3) is 0 Å². The summed E-state index contributed by atoms with van der Waals surface area (Å²) >= 11 is 0. The first-order valence-corrected chi connectivity index (χ1v) is 25.0. The molecular formula is C52H94O6. The van der Waals surface area contributed by atoms with Crippen molar-refractivity contribution < 1.29 is 28.6 Å². The highest BCUT2D eigenvalue weighted by atomic mass is 16.6. The molecule has 0 aromatic heterocycles. The van der Waals surface area contributed by atoms with E-state index in [1.165, 1.54) is 161 Å². The zero-order chi connectivity index (χ0) is 42.3. The molecule has 58 heavy (non-hydrogen) atoms. The van der Waals surface area contributed by atoms with Crippen molar-refractivity contribution in [2.45, 2.75) is 264 Å². The molecule has 1 unspecified atom stereocenters. The topological polar surface area (TPSA) is 78.9 Å². The van der Waals surface area contributed by atoms with Gasteiger partial charge in [0.15, 0.2) is 6.10 Å². The molecule has 0 aliphatic carbocycles. The summed E-state index contributed by atoms with van der Waals surface area (Å²) < 4.78 is 16.6. The fraction of sp³-hybridized carbons (Fsp3) is 0.827. The molecular weight excluding hydrogens is 721 g/mol. The fourth-order valence-electron chi connectivity index (χ4n) is 7.09. The van der Waals surface area contributed by atoms with E-state index in [9.17, 15) is 14.4 Å². The van der Waals surface area contributed by atoms with Gasteiger partial charge >= 0.3 is 17.9 Å². The van der Waals surface area contributed by atoms with Gasteiger partial charge in [-0.05, 0) is 57.8 Å². The van der Waals surface area contributed by atoms with E-state index < -0.39 is 6.10 Å². The predicted molar refractivity (Wildman–Crippen MR) is 247 cm³/mol. The highest BCUT2D eigenvalue weighted by molar-refractivity contribution is 5.71. The fourth-order valence-corrected chi connectivity index (χ4v) is 7.09. The van der Waals surface area contributed by atoms with E-state index in [-0.39, 0.29) is 37.5 Å². The Bertz CT molecular complexity index is 984. The molecule has 338 valence electrons. The number of carbonyl (C=O) groups is 3. The first kappa shape index (κ1) is 55.6. The minimum Gasteiger partial charge on any atom is -0.462 e. The Morgan fingerprint density at radius 2 is 0.672 bits per heavy atom. The van der Waals surface area contributed by atoms with E-state index in [2.05, 4.69) is 51.2 Å². The van der Waals surface area contributed by atoms with E-state index in [1.54, 1.807) is 0 Å². The molecule has 0 aliphatic heterocycles. The summed E-state index contributed by atoms with van der Waals surface area (Å²) in [7, 11) is 0. The van der Waals surface area contributed by atoms with Gasteiger partial charge < -0.3 is 14.2 Å². The summed E-state index contributed by atoms with van der Waals surface area (Å²) in [5.41, 5.74) is 0. The Kier molecular flexibility index (Phi) is 45.4. The Hall–Kier alpha value is -2.37. The molecule has 6 heteroatoms. The van der Waals surface area contributed by atoms with Crippen LogP contribution in [-0.4, -0.2) is 37.2 Å². The monoisotopic (exact) mass is 815 g/mol. The van der Waals surface area contributed by atoms with Crippen LogP contribution in [0.2, 0.25) is 0 Å². The number of esters is 3. The van der Waals surface area contributed by atoms with E-state index in [0.29, 0.717) is 25.7 Å². The number of allylic oxidation sites excluding steroid dienone is 6. The van der Waals surface area contributed by atoms with Crippen LogP contribution in [0.3, 0.4) is 0 Å². The lowest BCUT2D eigenvalue weighted by Gasteiger charge is -2.18. The lowest BCUT2D eigenvalue weighted by Crippen LogP contribution is -2.30. The third-order valence-corrected chi connectivity index (χ3v) is 10.9. The standard InChI is InChI=1S/C52H94O6/c1-4-7-10-13-16-19-21-23-24-25-26-27-29-30-33-36-39-42-45-51(54)57-48-49(47-56-50(53)44-41-38-35-32-18-15-12-9-6-3)58-52(55)46-43-40-37-34-31-28-22-20-17-14-11-8-5-2/h28,31-32,35,37,40,49H,4-27,29-30,33-34,36,38-39,41-48H2,1-3H3/b31-28-,35-32-,40-37-. The number of ether oxygens (including phenoxy) is 3. The van der Waals surface area contributed by atoms with Gasteiger partial charge in [0, 0.05) is 19.3 Å². The third kappa shape index (κ3) is 44.7. The van der Waals surface area contributed by atoms with Crippen molar-refractivity contribution in [1.29, 1.82) is 0 Å². The summed E-state index contributed by atoms with van der Waals surface area (Å²) in [6.45, 7) is 6.53. The van der Waals surface area contributed by atoms with Crippen molar-refractivity contribution in [2.75, 3.05) is 13.2 Å². The summed E-state index contributed by atoms with van der Waals surface area (Å²) in [5.74, 6) is -0.999. The quantitative estimate of drug-likeness (QED) is 0.0264. The number of unbranched alkanes of at least 4 members (excludes halogenated alkanes) is 28. The van der Waals surface area contributed by atoms with Crippen LogP contribution < -0.4 is 0 Å². The number of carbonyl (C=O) groups excluding carboxylic acids is 3. The molecule has 0 heterocycles. The highest BCUT2D eigenvalue weighted by Crippen LogP contribution is 2.15. The third-order valence-electron chi connectivity index (χ3n) is 10.9. The van der Waals surface area contributed by atoms with Gasteiger partial charge in [0.05, 0.1) is 0 Å². The number of hydrogen-bond donors (Lipinski definition) is 0. The second-order valence-electron chi connectivity index (χ2n) is 16.7. The first-order chi connectivity index (χ1) is 28.5. The number of hydrogen-bond acceptors (Lipinski definition) is 6. The van der Waals surface area contributed by atoms with Crippen LogP contribution in [0.25, 0.3) is 0 Å². The zero-order valence-electron chi connectivity index (χ0n) is 38.6. The molecule has 0 radical (unpaired) electrons. The van der Waals surface area contributed by atoms with Crippen LogP contribution in [-0.2, 0) is 28.6 Å². The Morgan fingerprint density at radius 1 is 0.345 bits per heavy atom. The molecule has 0 aromatic rings. The van der Waals surface area contributed by atoms with Crippen molar-refractivity contribution in [3.63, 3.8) is 0 Å². The molecule has 0 amide bonds. The largest absolute Gasteiger partial charge is 0.462 e. The molecule has 0 aromatic carbocycles. The van der Waals surface area contributed by atoms with Gasteiger partial charge in [0.2, 0.25) is 0 Å². The van der Waals surface area contributed by atoms with Gasteiger partial charge in [-0.2, -0.15) is 0 Å². The lowest BCUT2D eigenvalue weighted by atomic mass is 10.0. The van der Waals surface area contributed by atoms with Crippen molar-refractivity contribution in [1.82, 2.24) is 0 Å². The summed E-state index contributed by atoms with van der Waals surface area (Å²) in [6.07, 6.45) is 54.4. The van der Waals surface area contributed by atoms with Crippen LogP contribution in [0.5, 0.6) is 0 Å². The van der Waals surface area contributed by atoms with Crippen molar-refractivity contribution in [2.24, 2.45) is 0 Å². The maximum atomic E-state index is 12.7. The molecule has 0 saturated heterocycles. The molecule has 0 spiro atoms.